The van der Waals surface area contributed by atoms with E-state index in [0.717, 1.165) is 5.82 Å². The highest BCUT2D eigenvalue weighted by atomic mass is 19.1. The van der Waals surface area contributed by atoms with E-state index in [9.17, 15) is 14.0 Å². The van der Waals surface area contributed by atoms with Gasteiger partial charge >= 0.3 is 0 Å². The second kappa shape index (κ2) is 12.4. The van der Waals surface area contributed by atoms with Crippen molar-refractivity contribution in [2.24, 2.45) is 0 Å². The van der Waals surface area contributed by atoms with E-state index in [1.54, 1.807) is 25.3 Å². The molecule has 9 nitrogen and oxygen atoms in total. The van der Waals surface area contributed by atoms with Gasteiger partial charge in [-0.05, 0) is 56.2 Å². The van der Waals surface area contributed by atoms with Gasteiger partial charge < -0.3 is 25.2 Å². The number of nitrogens with zero attached hydrogens (tertiary/aromatic N) is 4. The summed E-state index contributed by atoms with van der Waals surface area (Å²) in [7, 11) is 2.07. The number of amides is 2. The van der Waals surface area contributed by atoms with Gasteiger partial charge in [-0.25, -0.2) is 9.37 Å². The van der Waals surface area contributed by atoms with Crippen LogP contribution in [-0.4, -0.2) is 61.2 Å². The molecular weight excluding hydrogens is 511 g/mol. The molecule has 1 aliphatic heterocycles. The van der Waals surface area contributed by atoms with E-state index < -0.39 is 11.7 Å². The maximum atomic E-state index is 14.4. The Kier molecular flexibility index (Phi) is 8.54. The third kappa shape index (κ3) is 6.56. The standard InChI is InChI=1S/C30H35FN6O3/c1-20-27(30(39)34-23-8-9-28(33-18-23)36(2)25-6-4-3-5-7-25)17-24(19-32-20)35-29(38)21-14-22(31)16-26(15-21)37-10-12-40-13-11-37/h8-9,14-19,25H,3-7,10-13H2,1-2H3,(H,34,39)(H,35,38). The first-order valence-corrected chi connectivity index (χ1v) is 13.8. The SMILES string of the molecule is Cc1ncc(NC(=O)c2cc(F)cc(N3CCOCC3)c2)cc1C(=O)Nc1ccc(N(C)C2CCCCC2)nc1. The number of ether oxygens (including phenoxy) is 1. The van der Waals surface area contributed by atoms with Gasteiger partial charge in [-0.3, -0.25) is 14.6 Å². The second-order valence-electron chi connectivity index (χ2n) is 10.4. The lowest BCUT2D eigenvalue weighted by Crippen LogP contribution is -2.36. The molecule has 0 atom stereocenters. The van der Waals surface area contributed by atoms with Gasteiger partial charge in [0.2, 0.25) is 0 Å². The van der Waals surface area contributed by atoms with Crippen LogP contribution in [0.15, 0.2) is 48.8 Å². The Morgan fingerprint density at radius 3 is 2.40 bits per heavy atom. The van der Waals surface area contributed by atoms with Crippen LogP contribution in [0.4, 0.5) is 27.3 Å². The fourth-order valence-corrected chi connectivity index (χ4v) is 5.27. The lowest BCUT2D eigenvalue weighted by molar-refractivity contribution is 0.101. The number of anilines is 4. The number of pyridine rings is 2. The van der Waals surface area contributed by atoms with Crippen LogP contribution in [0.1, 0.15) is 58.5 Å². The predicted molar refractivity (Wildman–Crippen MR) is 154 cm³/mol. The molecular formula is C30H35FN6O3. The van der Waals surface area contributed by atoms with Crippen LogP contribution in [0, 0.1) is 12.7 Å². The van der Waals surface area contributed by atoms with Gasteiger partial charge in [0.25, 0.3) is 11.8 Å². The maximum Gasteiger partial charge on any atom is 0.257 e. The second-order valence-corrected chi connectivity index (χ2v) is 10.4. The minimum absolute atomic E-state index is 0.178. The van der Waals surface area contributed by atoms with E-state index in [1.165, 1.54) is 50.4 Å². The van der Waals surface area contributed by atoms with Crippen LogP contribution in [0.25, 0.3) is 0 Å². The first-order chi connectivity index (χ1) is 19.4. The lowest BCUT2D eigenvalue weighted by atomic mass is 9.94. The zero-order valence-electron chi connectivity index (χ0n) is 23.0. The van der Waals surface area contributed by atoms with Crippen molar-refractivity contribution in [3.8, 4) is 0 Å². The van der Waals surface area contributed by atoms with Crippen LogP contribution in [-0.2, 0) is 4.74 Å². The number of benzene rings is 1. The van der Waals surface area contributed by atoms with Crippen LogP contribution in [0.3, 0.4) is 0 Å². The largest absolute Gasteiger partial charge is 0.378 e. The van der Waals surface area contributed by atoms with Crippen molar-refractivity contribution in [3.63, 3.8) is 0 Å². The summed E-state index contributed by atoms with van der Waals surface area (Å²) in [6, 6.07) is 10.1. The lowest BCUT2D eigenvalue weighted by Gasteiger charge is -2.32. The van der Waals surface area contributed by atoms with E-state index in [1.807, 2.05) is 17.0 Å². The van der Waals surface area contributed by atoms with Crippen LogP contribution < -0.4 is 20.4 Å². The summed E-state index contributed by atoms with van der Waals surface area (Å²) >= 11 is 0. The van der Waals surface area contributed by atoms with Gasteiger partial charge in [-0.1, -0.05) is 19.3 Å². The van der Waals surface area contributed by atoms with Gasteiger partial charge in [0.15, 0.2) is 0 Å². The molecule has 10 heteroatoms. The number of halogens is 1. The average molecular weight is 547 g/mol. The Morgan fingerprint density at radius 1 is 0.950 bits per heavy atom. The molecule has 2 fully saturated rings. The van der Waals surface area contributed by atoms with Gasteiger partial charge in [0, 0.05) is 37.4 Å². The van der Waals surface area contributed by atoms with E-state index in [2.05, 4.69) is 32.5 Å². The van der Waals surface area contributed by atoms with Crippen LogP contribution >= 0.6 is 0 Å². The van der Waals surface area contributed by atoms with Crippen molar-refractivity contribution in [1.29, 1.82) is 0 Å². The summed E-state index contributed by atoms with van der Waals surface area (Å²) in [5.74, 6) is -0.480. The van der Waals surface area contributed by atoms with Crippen molar-refractivity contribution >= 4 is 34.7 Å². The highest BCUT2D eigenvalue weighted by Gasteiger charge is 2.20. The van der Waals surface area contributed by atoms with Gasteiger partial charge in [-0.2, -0.15) is 0 Å². The Labute approximate surface area is 233 Å². The normalized spacial score (nSPS) is 15.9. The highest BCUT2D eigenvalue weighted by molar-refractivity contribution is 6.08. The predicted octanol–water partition coefficient (Wildman–Crippen LogP) is 5.03. The first-order valence-electron chi connectivity index (χ1n) is 13.8. The van der Waals surface area contributed by atoms with E-state index in [0.29, 0.717) is 60.7 Å². The van der Waals surface area contributed by atoms with Gasteiger partial charge in [0.05, 0.1) is 48.2 Å². The molecule has 1 saturated heterocycles. The molecule has 40 heavy (non-hydrogen) atoms. The van der Waals surface area contributed by atoms with Crippen molar-refractivity contribution in [1.82, 2.24) is 9.97 Å². The summed E-state index contributed by atoms with van der Waals surface area (Å²) in [5.41, 5.74) is 2.53. The van der Waals surface area contributed by atoms with E-state index in [4.69, 9.17) is 4.74 Å². The minimum Gasteiger partial charge on any atom is -0.378 e. The first kappa shape index (κ1) is 27.5. The molecule has 1 aliphatic carbocycles. The molecule has 2 N–H and O–H groups in total. The van der Waals surface area contributed by atoms with Crippen molar-refractivity contribution < 1.29 is 18.7 Å². The van der Waals surface area contributed by atoms with E-state index in [-0.39, 0.29) is 11.5 Å². The number of rotatable bonds is 7. The number of aromatic nitrogens is 2. The average Bonchev–Trinajstić information content (AvgIpc) is 2.98. The monoisotopic (exact) mass is 546 g/mol. The summed E-state index contributed by atoms with van der Waals surface area (Å²) in [6.45, 7) is 4.08. The van der Waals surface area contributed by atoms with Crippen LogP contribution in [0.5, 0.6) is 0 Å². The molecule has 2 amide bonds. The zero-order chi connectivity index (χ0) is 28.1. The molecule has 2 aliphatic rings. The summed E-state index contributed by atoms with van der Waals surface area (Å²) in [4.78, 5) is 39.2. The maximum absolute atomic E-state index is 14.4. The summed E-state index contributed by atoms with van der Waals surface area (Å²) in [6.07, 6.45) is 9.25. The van der Waals surface area contributed by atoms with Crippen molar-refractivity contribution in [3.05, 3.63) is 71.4 Å². The molecule has 1 aromatic carbocycles. The number of hydrogen-bond donors (Lipinski definition) is 2. The number of carbonyl (C=O) groups excluding carboxylic acids is 2. The number of aryl methyl sites for hydroxylation is 1. The third-order valence-electron chi connectivity index (χ3n) is 7.60. The molecule has 0 bridgehead atoms. The van der Waals surface area contributed by atoms with Gasteiger partial charge in [-0.15, -0.1) is 0 Å². The fraction of sp³-hybridized carbons (Fsp3) is 0.400. The smallest absolute Gasteiger partial charge is 0.257 e. The fourth-order valence-electron chi connectivity index (χ4n) is 5.27. The Morgan fingerprint density at radius 2 is 1.68 bits per heavy atom. The Hall–Kier alpha value is -4.05. The molecule has 210 valence electrons. The summed E-state index contributed by atoms with van der Waals surface area (Å²) in [5, 5.41) is 5.61. The van der Waals surface area contributed by atoms with Gasteiger partial charge in [0.1, 0.15) is 11.6 Å². The number of nitrogens with one attached hydrogen (secondary N) is 2. The summed E-state index contributed by atoms with van der Waals surface area (Å²) < 4.78 is 19.7. The molecule has 3 aromatic rings. The van der Waals surface area contributed by atoms with Crippen LogP contribution in [0.2, 0.25) is 0 Å². The van der Waals surface area contributed by atoms with E-state index >= 15 is 0 Å². The third-order valence-corrected chi connectivity index (χ3v) is 7.60. The number of carbonyl (C=O) groups is 2. The molecule has 0 spiro atoms. The molecule has 0 unspecified atom stereocenters. The quantitative estimate of drug-likeness (QED) is 0.429. The molecule has 2 aromatic heterocycles. The Balaban J connectivity index is 1.25. The number of hydrogen-bond acceptors (Lipinski definition) is 7. The molecule has 1 saturated carbocycles. The highest BCUT2D eigenvalue weighted by Crippen LogP contribution is 2.26. The number of morpholine rings is 1. The zero-order valence-corrected chi connectivity index (χ0v) is 23.0. The minimum atomic E-state index is -0.499. The van der Waals surface area contributed by atoms with Crippen molar-refractivity contribution in [2.75, 3.05) is 53.8 Å². The molecule has 5 rings (SSSR count). The molecule has 0 radical (unpaired) electrons. The molecule has 3 heterocycles. The van der Waals surface area contributed by atoms with Crippen molar-refractivity contribution in [2.45, 2.75) is 45.1 Å². The topological polar surface area (TPSA) is 99.7 Å². The Bertz CT molecular complexity index is 1350.